The zero-order valence-electron chi connectivity index (χ0n) is 11.4. The van der Waals surface area contributed by atoms with Crippen molar-refractivity contribution in [3.8, 4) is 6.07 Å². The lowest BCUT2D eigenvalue weighted by atomic mass is 10.1. The number of sulfonamides is 1. The number of nitrogens with zero attached hydrogens (tertiary/aromatic N) is 2. The van der Waals surface area contributed by atoms with Crippen molar-refractivity contribution in [3.63, 3.8) is 0 Å². The van der Waals surface area contributed by atoms with Gasteiger partial charge in [0.25, 0.3) is 0 Å². The largest absolute Gasteiger partial charge is 0.393 e. The summed E-state index contributed by atoms with van der Waals surface area (Å²) in [4.78, 5) is 0.0255. The highest BCUT2D eigenvalue weighted by atomic mass is 32.2. The van der Waals surface area contributed by atoms with Gasteiger partial charge in [-0.1, -0.05) is 18.6 Å². The van der Waals surface area contributed by atoms with Crippen LogP contribution in [0.25, 0.3) is 0 Å². The fourth-order valence-electron chi connectivity index (χ4n) is 2.61. The SMILES string of the molecule is CN(CC1CCCC1O)S(=O)(=O)c1ccccc1C#N. The summed E-state index contributed by atoms with van der Waals surface area (Å²) in [5.41, 5.74) is 0.145. The number of hydrogen-bond acceptors (Lipinski definition) is 4. The number of aliphatic hydroxyl groups is 1. The predicted molar refractivity (Wildman–Crippen MR) is 74.3 cm³/mol. The van der Waals surface area contributed by atoms with Crippen molar-refractivity contribution in [3.05, 3.63) is 29.8 Å². The van der Waals surface area contributed by atoms with E-state index in [0.717, 1.165) is 19.3 Å². The van der Waals surface area contributed by atoms with Gasteiger partial charge in [-0.05, 0) is 30.9 Å². The van der Waals surface area contributed by atoms with Gasteiger partial charge in [0, 0.05) is 13.6 Å². The Morgan fingerprint density at radius 2 is 2.10 bits per heavy atom. The van der Waals surface area contributed by atoms with Crippen LogP contribution in [-0.4, -0.2) is 37.5 Å². The summed E-state index contributed by atoms with van der Waals surface area (Å²) in [7, 11) is -2.20. The first-order valence-corrected chi connectivity index (χ1v) is 8.04. The first kappa shape index (κ1) is 15.0. The summed E-state index contributed by atoms with van der Waals surface area (Å²) in [5, 5.41) is 18.8. The molecule has 1 fully saturated rings. The maximum Gasteiger partial charge on any atom is 0.244 e. The van der Waals surface area contributed by atoms with Gasteiger partial charge in [0.05, 0.1) is 16.6 Å². The highest BCUT2D eigenvalue weighted by Gasteiger charge is 2.31. The molecule has 1 aliphatic rings. The Morgan fingerprint density at radius 1 is 1.40 bits per heavy atom. The number of rotatable bonds is 4. The smallest absolute Gasteiger partial charge is 0.244 e. The van der Waals surface area contributed by atoms with Gasteiger partial charge < -0.3 is 5.11 Å². The molecule has 0 spiro atoms. The molecule has 0 aliphatic heterocycles. The zero-order chi connectivity index (χ0) is 14.8. The van der Waals surface area contributed by atoms with E-state index in [1.165, 1.54) is 23.5 Å². The fourth-order valence-corrected chi connectivity index (χ4v) is 3.98. The van der Waals surface area contributed by atoms with Crippen LogP contribution in [0.4, 0.5) is 0 Å². The van der Waals surface area contributed by atoms with Crippen molar-refractivity contribution in [1.82, 2.24) is 4.31 Å². The summed E-state index contributed by atoms with van der Waals surface area (Å²) < 4.78 is 26.2. The van der Waals surface area contributed by atoms with Gasteiger partial charge in [0.1, 0.15) is 6.07 Å². The summed E-state index contributed by atoms with van der Waals surface area (Å²) in [6, 6.07) is 8.08. The van der Waals surface area contributed by atoms with Crippen LogP contribution in [-0.2, 0) is 10.0 Å². The Morgan fingerprint density at radius 3 is 2.70 bits per heavy atom. The summed E-state index contributed by atoms with van der Waals surface area (Å²) in [6.45, 7) is 0.281. The van der Waals surface area contributed by atoms with Crippen LogP contribution in [0.15, 0.2) is 29.2 Å². The minimum Gasteiger partial charge on any atom is -0.393 e. The van der Waals surface area contributed by atoms with Crippen LogP contribution < -0.4 is 0 Å². The third kappa shape index (κ3) is 2.85. The fraction of sp³-hybridized carbons (Fsp3) is 0.500. The molecule has 0 aromatic heterocycles. The molecule has 1 N–H and O–H groups in total. The molecule has 108 valence electrons. The molecular weight excluding hydrogens is 276 g/mol. The van der Waals surface area contributed by atoms with E-state index in [1.807, 2.05) is 6.07 Å². The average molecular weight is 294 g/mol. The molecule has 2 rings (SSSR count). The second-order valence-electron chi connectivity index (χ2n) is 5.15. The number of nitriles is 1. The third-order valence-electron chi connectivity index (χ3n) is 3.81. The van der Waals surface area contributed by atoms with E-state index < -0.39 is 16.1 Å². The van der Waals surface area contributed by atoms with Crippen molar-refractivity contribution in [1.29, 1.82) is 5.26 Å². The normalized spacial score (nSPS) is 22.9. The van der Waals surface area contributed by atoms with Gasteiger partial charge in [-0.3, -0.25) is 0 Å². The van der Waals surface area contributed by atoms with Crippen LogP contribution in [0, 0.1) is 17.2 Å². The quantitative estimate of drug-likeness (QED) is 0.908. The Balaban J connectivity index is 2.24. The molecule has 0 amide bonds. The van der Waals surface area contributed by atoms with Gasteiger partial charge in [0.2, 0.25) is 10.0 Å². The predicted octanol–water partition coefficient (Wildman–Crippen LogP) is 1.34. The molecule has 1 saturated carbocycles. The highest BCUT2D eigenvalue weighted by Crippen LogP contribution is 2.28. The average Bonchev–Trinajstić information content (AvgIpc) is 2.84. The molecule has 2 unspecified atom stereocenters. The van der Waals surface area contributed by atoms with E-state index in [0.29, 0.717) is 0 Å². The molecule has 1 aromatic carbocycles. The third-order valence-corrected chi connectivity index (χ3v) is 5.69. The zero-order valence-corrected chi connectivity index (χ0v) is 12.2. The van der Waals surface area contributed by atoms with E-state index in [9.17, 15) is 13.5 Å². The number of hydrogen-bond donors (Lipinski definition) is 1. The van der Waals surface area contributed by atoms with Crippen LogP contribution >= 0.6 is 0 Å². The molecular formula is C14H18N2O3S. The lowest BCUT2D eigenvalue weighted by Crippen LogP contribution is -2.34. The van der Waals surface area contributed by atoms with Crippen molar-refractivity contribution < 1.29 is 13.5 Å². The highest BCUT2D eigenvalue weighted by molar-refractivity contribution is 7.89. The van der Waals surface area contributed by atoms with Gasteiger partial charge in [-0.15, -0.1) is 0 Å². The Bertz CT molecular complexity index is 622. The number of benzene rings is 1. The summed E-state index contributed by atoms with van der Waals surface area (Å²) in [6.07, 6.45) is 2.06. The first-order chi connectivity index (χ1) is 9.46. The Hall–Kier alpha value is -1.42. The molecule has 1 aromatic rings. The summed E-state index contributed by atoms with van der Waals surface area (Å²) in [5.74, 6) is -0.0241. The molecule has 0 saturated heterocycles. The van der Waals surface area contributed by atoms with Crippen LogP contribution in [0.5, 0.6) is 0 Å². The van der Waals surface area contributed by atoms with Crippen molar-refractivity contribution in [2.45, 2.75) is 30.3 Å². The van der Waals surface area contributed by atoms with Crippen molar-refractivity contribution in [2.75, 3.05) is 13.6 Å². The monoisotopic (exact) mass is 294 g/mol. The van der Waals surface area contributed by atoms with Crippen molar-refractivity contribution >= 4 is 10.0 Å². The Kier molecular flexibility index (Phi) is 4.43. The minimum atomic E-state index is -3.69. The molecule has 0 bridgehead atoms. The van der Waals surface area contributed by atoms with E-state index in [-0.39, 0.29) is 22.9 Å². The maximum atomic E-state index is 12.5. The summed E-state index contributed by atoms with van der Waals surface area (Å²) >= 11 is 0. The minimum absolute atomic E-state index is 0.0241. The van der Waals surface area contributed by atoms with Gasteiger partial charge in [-0.25, -0.2) is 12.7 Å². The first-order valence-electron chi connectivity index (χ1n) is 6.60. The van der Waals surface area contributed by atoms with E-state index in [4.69, 9.17) is 5.26 Å². The molecule has 1 aliphatic carbocycles. The molecule has 20 heavy (non-hydrogen) atoms. The van der Waals surface area contributed by atoms with Crippen molar-refractivity contribution in [2.24, 2.45) is 5.92 Å². The van der Waals surface area contributed by atoms with Gasteiger partial charge >= 0.3 is 0 Å². The van der Waals surface area contributed by atoms with Crippen LogP contribution in [0.3, 0.4) is 0 Å². The number of aliphatic hydroxyl groups excluding tert-OH is 1. The van der Waals surface area contributed by atoms with E-state index in [1.54, 1.807) is 12.1 Å². The van der Waals surface area contributed by atoms with E-state index >= 15 is 0 Å². The standard InChI is InChI=1S/C14H18N2O3S/c1-16(10-12-6-4-7-13(12)17)20(18,19)14-8-3-2-5-11(14)9-15/h2-3,5,8,12-13,17H,4,6-7,10H2,1H3. The van der Waals surface area contributed by atoms with E-state index in [2.05, 4.69) is 0 Å². The topological polar surface area (TPSA) is 81.4 Å². The second-order valence-corrected chi connectivity index (χ2v) is 7.17. The van der Waals surface area contributed by atoms with Crippen LogP contribution in [0.2, 0.25) is 0 Å². The Labute approximate surface area is 119 Å². The molecule has 0 heterocycles. The molecule has 2 atom stereocenters. The van der Waals surface area contributed by atoms with Crippen LogP contribution in [0.1, 0.15) is 24.8 Å². The lowest BCUT2D eigenvalue weighted by Gasteiger charge is -2.23. The lowest BCUT2D eigenvalue weighted by molar-refractivity contribution is 0.123. The van der Waals surface area contributed by atoms with Gasteiger partial charge in [-0.2, -0.15) is 5.26 Å². The molecule has 6 heteroatoms. The second kappa shape index (κ2) is 5.92. The molecule has 5 nitrogen and oxygen atoms in total. The maximum absolute atomic E-state index is 12.5. The molecule has 0 radical (unpaired) electrons. The van der Waals surface area contributed by atoms with Gasteiger partial charge in [0.15, 0.2) is 0 Å².